The summed E-state index contributed by atoms with van der Waals surface area (Å²) in [6.07, 6.45) is 5.07. The smallest absolute Gasteiger partial charge is 0.154 e. The molecule has 0 saturated heterocycles. The zero-order valence-electron chi connectivity index (χ0n) is 7.67. The van der Waals surface area contributed by atoms with E-state index in [9.17, 15) is 5.11 Å². The third kappa shape index (κ3) is 1.59. The molecule has 0 radical (unpaired) electrons. The number of nitrogens with two attached hydrogens (primary N) is 1. The van der Waals surface area contributed by atoms with E-state index in [1.165, 1.54) is 0 Å². The van der Waals surface area contributed by atoms with Gasteiger partial charge in [0.15, 0.2) is 5.65 Å². The average molecular weight is 192 g/mol. The first kappa shape index (κ1) is 9.11. The Morgan fingerprint density at radius 1 is 1.57 bits per heavy atom. The van der Waals surface area contributed by atoms with Gasteiger partial charge in [0.25, 0.3) is 0 Å². The maximum Gasteiger partial charge on any atom is 0.154 e. The lowest BCUT2D eigenvalue weighted by molar-refractivity contribution is 0.169. The molecule has 0 spiro atoms. The molecular weight excluding hydrogens is 180 g/mol. The molecule has 0 bridgehead atoms. The van der Waals surface area contributed by atoms with Crippen LogP contribution >= 0.6 is 0 Å². The summed E-state index contributed by atoms with van der Waals surface area (Å²) in [5.74, 6) is 0. The second kappa shape index (κ2) is 3.73. The molecule has 0 saturated carbocycles. The summed E-state index contributed by atoms with van der Waals surface area (Å²) in [6.45, 7) is 0.457. The molecule has 2 rings (SSSR count). The van der Waals surface area contributed by atoms with E-state index in [0.717, 1.165) is 11.2 Å². The number of hydrogen-bond donors (Lipinski definition) is 2. The second-order valence-electron chi connectivity index (χ2n) is 3.11. The topological polar surface area (TPSA) is 76.4 Å². The Morgan fingerprint density at radius 3 is 3.21 bits per heavy atom. The van der Waals surface area contributed by atoms with Crippen molar-refractivity contribution in [3.8, 4) is 0 Å². The summed E-state index contributed by atoms with van der Waals surface area (Å²) in [4.78, 5) is 4.14. The molecule has 2 aromatic heterocycles. The molecule has 0 aliphatic rings. The van der Waals surface area contributed by atoms with E-state index < -0.39 is 6.10 Å². The van der Waals surface area contributed by atoms with Crippen LogP contribution in [0.5, 0.6) is 0 Å². The highest BCUT2D eigenvalue weighted by molar-refractivity contribution is 5.36. The highest BCUT2D eigenvalue weighted by Gasteiger charge is 2.07. The minimum Gasteiger partial charge on any atom is -0.388 e. The molecule has 0 aliphatic carbocycles. The van der Waals surface area contributed by atoms with E-state index in [-0.39, 0.29) is 0 Å². The van der Waals surface area contributed by atoms with Gasteiger partial charge in [0, 0.05) is 24.0 Å². The van der Waals surface area contributed by atoms with E-state index in [1.54, 1.807) is 29.2 Å². The number of aliphatic hydroxyl groups excluding tert-OH is 1. The lowest BCUT2D eigenvalue weighted by Crippen LogP contribution is -2.08. The molecule has 5 nitrogen and oxygen atoms in total. The van der Waals surface area contributed by atoms with Crippen LogP contribution in [0.1, 0.15) is 18.1 Å². The molecule has 3 N–H and O–H groups in total. The molecule has 2 aromatic rings. The van der Waals surface area contributed by atoms with Crippen LogP contribution in [0, 0.1) is 0 Å². The van der Waals surface area contributed by atoms with Crippen molar-refractivity contribution in [1.82, 2.24) is 14.6 Å². The summed E-state index contributed by atoms with van der Waals surface area (Å²) >= 11 is 0. The van der Waals surface area contributed by atoms with Gasteiger partial charge in [0.2, 0.25) is 0 Å². The largest absolute Gasteiger partial charge is 0.388 e. The summed E-state index contributed by atoms with van der Waals surface area (Å²) in [7, 11) is 0. The number of rotatable bonds is 3. The van der Waals surface area contributed by atoms with Gasteiger partial charge in [-0.3, -0.25) is 0 Å². The molecule has 0 aliphatic heterocycles. The Morgan fingerprint density at radius 2 is 2.43 bits per heavy atom. The Balaban J connectivity index is 2.33. The van der Waals surface area contributed by atoms with Gasteiger partial charge in [0.05, 0.1) is 12.3 Å². The molecule has 0 aromatic carbocycles. The maximum absolute atomic E-state index is 9.66. The van der Waals surface area contributed by atoms with Crippen molar-refractivity contribution < 1.29 is 5.11 Å². The minimum atomic E-state index is -0.555. The highest BCUT2D eigenvalue weighted by Crippen LogP contribution is 2.14. The van der Waals surface area contributed by atoms with E-state index in [0.29, 0.717) is 13.0 Å². The Bertz CT molecular complexity index is 425. The molecular formula is C9H12N4O. The van der Waals surface area contributed by atoms with Crippen LogP contribution in [0.15, 0.2) is 24.7 Å². The SMILES string of the molecule is NCCC(O)c1cnc2ccnn2c1. The Labute approximate surface area is 81.2 Å². The van der Waals surface area contributed by atoms with Gasteiger partial charge >= 0.3 is 0 Å². The van der Waals surface area contributed by atoms with Crippen LogP contribution in [0.3, 0.4) is 0 Å². The number of aliphatic hydroxyl groups is 1. The maximum atomic E-state index is 9.66. The molecule has 0 fully saturated rings. The van der Waals surface area contributed by atoms with Crippen molar-refractivity contribution in [2.45, 2.75) is 12.5 Å². The van der Waals surface area contributed by atoms with E-state index in [2.05, 4.69) is 10.1 Å². The van der Waals surface area contributed by atoms with Gasteiger partial charge in [-0.1, -0.05) is 0 Å². The molecule has 0 amide bonds. The van der Waals surface area contributed by atoms with Gasteiger partial charge in [-0.2, -0.15) is 5.10 Å². The van der Waals surface area contributed by atoms with Crippen molar-refractivity contribution in [2.75, 3.05) is 6.54 Å². The van der Waals surface area contributed by atoms with Crippen LogP contribution < -0.4 is 5.73 Å². The zero-order chi connectivity index (χ0) is 9.97. The van der Waals surface area contributed by atoms with Gasteiger partial charge < -0.3 is 10.8 Å². The molecule has 2 heterocycles. The van der Waals surface area contributed by atoms with Crippen molar-refractivity contribution >= 4 is 5.65 Å². The predicted molar refractivity (Wildman–Crippen MR) is 51.6 cm³/mol. The first-order chi connectivity index (χ1) is 6.81. The lowest BCUT2D eigenvalue weighted by Gasteiger charge is -2.08. The first-order valence-corrected chi connectivity index (χ1v) is 4.48. The summed E-state index contributed by atoms with van der Waals surface area (Å²) < 4.78 is 1.63. The third-order valence-electron chi connectivity index (χ3n) is 2.09. The Kier molecular flexibility index (Phi) is 2.43. The number of nitrogens with zero attached hydrogens (tertiary/aromatic N) is 3. The third-order valence-corrected chi connectivity index (χ3v) is 2.09. The predicted octanol–water partition coefficient (Wildman–Crippen LogP) is 0.112. The molecule has 74 valence electrons. The second-order valence-corrected chi connectivity index (χ2v) is 3.11. The zero-order valence-corrected chi connectivity index (χ0v) is 7.67. The van der Waals surface area contributed by atoms with E-state index >= 15 is 0 Å². The van der Waals surface area contributed by atoms with Crippen LogP contribution in [-0.4, -0.2) is 26.2 Å². The fraction of sp³-hybridized carbons (Fsp3) is 0.333. The monoisotopic (exact) mass is 192 g/mol. The van der Waals surface area contributed by atoms with Gasteiger partial charge in [-0.25, -0.2) is 9.50 Å². The van der Waals surface area contributed by atoms with Gasteiger partial charge in [-0.05, 0) is 13.0 Å². The first-order valence-electron chi connectivity index (χ1n) is 4.48. The van der Waals surface area contributed by atoms with Crippen LogP contribution in [0.25, 0.3) is 5.65 Å². The number of aromatic nitrogens is 3. The van der Waals surface area contributed by atoms with E-state index in [4.69, 9.17) is 5.73 Å². The standard InChI is InChI=1S/C9H12N4O/c10-3-1-8(14)7-5-11-9-2-4-12-13(9)6-7/h2,4-6,8,14H,1,3,10H2. The summed E-state index contributed by atoms with van der Waals surface area (Å²) in [6, 6.07) is 1.80. The fourth-order valence-corrected chi connectivity index (χ4v) is 1.32. The highest BCUT2D eigenvalue weighted by atomic mass is 16.3. The van der Waals surface area contributed by atoms with Crippen molar-refractivity contribution in [3.63, 3.8) is 0 Å². The Hall–Kier alpha value is -1.46. The van der Waals surface area contributed by atoms with Crippen LogP contribution in [0.4, 0.5) is 0 Å². The lowest BCUT2D eigenvalue weighted by atomic mass is 10.1. The molecule has 1 atom stereocenters. The number of fused-ring (bicyclic) bond motifs is 1. The average Bonchev–Trinajstić information content (AvgIpc) is 2.64. The van der Waals surface area contributed by atoms with Gasteiger partial charge in [-0.15, -0.1) is 0 Å². The van der Waals surface area contributed by atoms with Crippen LogP contribution in [0.2, 0.25) is 0 Å². The summed E-state index contributed by atoms with van der Waals surface area (Å²) in [5, 5.41) is 13.7. The quantitative estimate of drug-likeness (QED) is 0.723. The normalized spacial score (nSPS) is 13.3. The van der Waals surface area contributed by atoms with Gasteiger partial charge in [0.1, 0.15) is 0 Å². The van der Waals surface area contributed by atoms with Crippen molar-refractivity contribution in [3.05, 3.63) is 30.2 Å². The molecule has 1 unspecified atom stereocenters. The van der Waals surface area contributed by atoms with Crippen molar-refractivity contribution in [2.24, 2.45) is 5.73 Å². The molecule has 5 heteroatoms. The van der Waals surface area contributed by atoms with Crippen molar-refractivity contribution in [1.29, 1.82) is 0 Å². The summed E-state index contributed by atoms with van der Waals surface area (Å²) in [5.41, 5.74) is 6.87. The van der Waals surface area contributed by atoms with E-state index in [1.807, 2.05) is 0 Å². The molecule has 14 heavy (non-hydrogen) atoms. The fourth-order valence-electron chi connectivity index (χ4n) is 1.32. The minimum absolute atomic E-state index is 0.457. The van der Waals surface area contributed by atoms with Crippen LogP contribution in [-0.2, 0) is 0 Å². The number of hydrogen-bond acceptors (Lipinski definition) is 4.